The summed E-state index contributed by atoms with van der Waals surface area (Å²) in [6.07, 6.45) is 6.01. The number of anilines is 1. The third-order valence-electron chi connectivity index (χ3n) is 4.87. The number of allylic oxidation sites excluding steroid dienone is 4. The first-order valence-corrected chi connectivity index (χ1v) is 10.4. The lowest BCUT2D eigenvalue weighted by Crippen LogP contribution is -2.19. The molecule has 0 aliphatic carbocycles. The average Bonchev–Trinajstić information content (AvgIpc) is 3.29. The van der Waals surface area contributed by atoms with Crippen LogP contribution in [-0.2, 0) is 0 Å². The molecule has 0 radical (unpaired) electrons. The van der Waals surface area contributed by atoms with Crippen molar-refractivity contribution in [2.45, 2.75) is 33.6 Å². The van der Waals surface area contributed by atoms with E-state index in [0.717, 1.165) is 41.6 Å². The molecule has 1 aliphatic heterocycles. The summed E-state index contributed by atoms with van der Waals surface area (Å²) >= 11 is 1.37. The van der Waals surface area contributed by atoms with Gasteiger partial charge in [0, 0.05) is 30.1 Å². The van der Waals surface area contributed by atoms with Crippen LogP contribution in [0.4, 0.5) is 10.2 Å². The number of hydrogen-bond acceptors (Lipinski definition) is 6. The molecule has 3 N–H and O–H groups in total. The first-order chi connectivity index (χ1) is 13.8. The van der Waals surface area contributed by atoms with Crippen LogP contribution < -0.4 is 20.5 Å². The lowest BCUT2D eigenvalue weighted by atomic mass is 10.0. The van der Waals surface area contributed by atoms with Gasteiger partial charge in [-0.05, 0) is 57.4 Å². The second kappa shape index (κ2) is 8.69. The fraction of sp³-hybridized carbons (Fsp3) is 0.318. The smallest absolute Gasteiger partial charge is 0.225 e. The number of rotatable bonds is 5. The van der Waals surface area contributed by atoms with E-state index < -0.39 is 5.95 Å². The van der Waals surface area contributed by atoms with Crippen molar-refractivity contribution in [3.63, 3.8) is 0 Å². The third-order valence-corrected chi connectivity index (χ3v) is 5.97. The van der Waals surface area contributed by atoms with E-state index in [1.165, 1.54) is 11.3 Å². The average molecular weight is 412 g/mol. The molecule has 1 aliphatic rings. The van der Waals surface area contributed by atoms with E-state index in [9.17, 15) is 4.39 Å². The van der Waals surface area contributed by atoms with E-state index in [1.54, 1.807) is 19.9 Å². The van der Waals surface area contributed by atoms with Crippen LogP contribution in [0.3, 0.4) is 0 Å². The number of aromatic nitrogens is 2. The van der Waals surface area contributed by atoms with E-state index in [1.807, 2.05) is 25.1 Å². The molecule has 1 fully saturated rings. The quantitative estimate of drug-likeness (QED) is 0.449. The number of pyridine rings is 1. The summed E-state index contributed by atoms with van der Waals surface area (Å²) in [7, 11) is 0. The van der Waals surface area contributed by atoms with Crippen LogP contribution in [0.5, 0.6) is 0 Å². The first-order valence-electron chi connectivity index (χ1n) is 9.56. The number of hydrogen-bond donors (Lipinski definition) is 2. The van der Waals surface area contributed by atoms with Crippen LogP contribution in [0.2, 0.25) is 0 Å². The standard InChI is InChI=1S/C22H26FN5S/c1-13(20(14(2)24)15(3)25)7-9-18-16(4)26-22(29-18)17-8-10-19(27-21(17)23)28-11-5-6-12-28/h7-10,24H,4-6,11-12,25H2,1-3H3/b13-7+,18-9+,20-15-,24-14?. The van der Waals surface area contributed by atoms with Crippen molar-refractivity contribution in [3.05, 3.63) is 50.9 Å². The van der Waals surface area contributed by atoms with E-state index in [0.29, 0.717) is 33.1 Å². The molecule has 29 heavy (non-hydrogen) atoms. The van der Waals surface area contributed by atoms with Gasteiger partial charge in [0.2, 0.25) is 5.95 Å². The Bertz CT molecular complexity index is 1100. The summed E-state index contributed by atoms with van der Waals surface area (Å²) in [6, 6.07) is 3.60. The maximum atomic E-state index is 14.7. The van der Waals surface area contributed by atoms with Gasteiger partial charge in [-0.3, -0.25) is 0 Å². The lowest BCUT2D eigenvalue weighted by Gasteiger charge is -2.16. The highest BCUT2D eigenvalue weighted by atomic mass is 32.1. The molecule has 2 aromatic heterocycles. The summed E-state index contributed by atoms with van der Waals surface area (Å²) < 4.78 is 15.5. The molecule has 1 saturated heterocycles. The van der Waals surface area contributed by atoms with Gasteiger partial charge in [-0.15, -0.1) is 11.3 Å². The van der Waals surface area contributed by atoms with Gasteiger partial charge in [0.1, 0.15) is 10.8 Å². The number of nitrogens with one attached hydrogen (secondary N) is 1. The van der Waals surface area contributed by atoms with Crippen molar-refractivity contribution in [3.8, 4) is 10.6 Å². The molecule has 0 bridgehead atoms. The van der Waals surface area contributed by atoms with E-state index in [4.69, 9.17) is 11.1 Å². The Morgan fingerprint density at radius 1 is 1.24 bits per heavy atom. The first kappa shape index (κ1) is 20.9. The highest BCUT2D eigenvalue weighted by Crippen LogP contribution is 2.25. The lowest BCUT2D eigenvalue weighted by molar-refractivity contribution is 0.586. The summed E-state index contributed by atoms with van der Waals surface area (Å²) in [5.41, 5.74) is 8.92. The predicted octanol–water partition coefficient (Wildman–Crippen LogP) is 3.35. The van der Waals surface area contributed by atoms with Crippen LogP contribution >= 0.6 is 11.3 Å². The van der Waals surface area contributed by atoms with Crippen molar-refractivity contribution in [1.29, 1.82) is 5.41 Å². The number of thiazole rings is 1. The maximum Gasteiger partial charge on any atom is 0.225 e. The zero-order chi connectivity index (χ0) is 21.1. The summed E-state index contributed by atoms with van der Waals surface area (Å²) in [5, 5.41) is 9.03. The predicted molar refractivity (Wildman–Crippen MR) is 120 cm³/mol. The van der Waals surface area contributed by atoms with Gasteiger partial charge >= 0.3 is 0 Å². The largest absolute Gasteiger partial charge is 0.402 e. The van der Waals surface area contributed by atoms with Crippen molar-refractivity contribution in [1.82, 2.24) is 9.97 Å². The van der Waals surface area contributed by atoms with Gasteiger partial charge in [0.05, 0.1) is 15.4 Å². The third kappa shape index (κ3) is 4.62. The number of nitrogens with two attached hydrogens (primary N) is 1. The molecule has 0 amide bonds. The summed E-state index contributed by atoms with van der Waals surface area (Å²) in [4.78, 5) is 10.7. The summed E-state index contributed by atoms with van der Waals surface area (Å²) in [6.45, 7) is 11.2. The second-order valence-electron chi connectivity index (χ2n) is 7.23. The van der Waals surface area contributed by atoms with Gasteiger partial charge in [-0.1, -0.05) is 12.7 Å². The molecule has 0 saturated carbocycles. The second-order valence-corrected chi connectivity index (χ2v) is 8.26. The minimum absolute atomic E-state index is 0.386. The molecule has 5 nitrogen and oxygen atoms in total. The SMILES string of the molecule is C=c1nc(-c2ccc(N3CCCC3)nc2F)s/c1=C/C=C(C)/C(C(C)=N)=C(\C)N. The monoisotopic (exact) mass is 411 g/mol. The fourth-order valence-corrected chi connectivity index (χ4v) is 4.43. The fourth-order valence-electron chi connectivity index (χ4n) is 3.50. The van der Waals surface area contributed by atoms with Gasteiger partial charge in [0.15, 0.2) is 0 Å². The molecular weight excluding hydrogens is 385 g/mol. The van der Waals surface area contributed by atoms with Crippen molar-refractivity contribution < 1.29 is 4.39 Å². The molecule has 0 unspecified atom stereocenters. The Morgan fingerprint density at radius 3 is 2.52 bits per heavy atom. The molecule has 0 spiro atoms. The molecular formula is C22H26FN5S. The molecule has 3 heterocycles. The highest BCUT2D eigenvalue weighted by molar-refractivity contribution is 7.13. The molecule has 7 heteroatoms. The number of nitrogens with zero attached hydrogens (tertiary/aromatic N) is 3. The van der Waals surface area contributed by atoms with Crippen LogP contribution in [0.25, 0.3) is 23.2 Å². The van der Waals surface area contributed by atoms with E-state index >= 15 is 0 Å². The van der Waals surface area contributed by atoms with E-state index in [2.05, 4.69) is 21.4 Å². The highest BCUT2D eigenvalue weighted by Gasteiger charge is 2.17. The Balaban J connectivity index is 1.94. The molecule has 0 atom stereocenters. The zero-order valence-corrected chi connectivity index (χ0v) is 17.9. The molecule has 0 aromatic carbocycles. The zero-order valence-electron chi connectivity index (χ0n) is 17.1. The van der Waals surface area contributed by atoms with Crippen LogP contribution in [-0.4, -0.2) is 28.8 Å². The normalized spacial score (nSPS) is 16.3. The summed E-state index contributed by atoms with van der Waals surface area (Å²) in [5.74, 6) is 0.170. The molecule has 3 rings (SSSR count). The topological polar surface area (TPSA) is 78.9 Å². The van der Waals surface area contributed by atoms with Crippen LogP contribution in [0.15, 0.2) is 35.1 Å². The van der Waals surface area contributed by atoms with Crippen LogP contribution in [0.1, 0.15) is 33.6 Å². The van der Waals surface area contributed by atoms with E-state index in [-0.39, 0.29) is 0 Å². The van der Waals surface area contributed by atoms with Crippen molar-refractivity contribution in [2.24, 2.45) is 5.73 Å². The van der Waals surface area contributed by atoms with Gasteiger partial charge in [-0.25, -0.2) is 9.97 Å². The minimum Gasteiger partial charge on any atom is -0.402 e. The molecule has 2 aromatic rings. The molecule has 152 valence electrons. The minimum atomic E-state index is -0.509. The Kier molecular flexibility index (Phi) is 6.27. The van der Waals surface area contributed by atoms with Gasteiger partial charge in [0.25, 0.3) is 0 Å². The maximum absolute atomic E-state index is 14.7. The van der Waals surface area contributed by atoms with Gasteiger partial charge in [-0.2, -0.15) is 4.39 Å². The van der Waals surface area contributed by atoms with Gasteiger partial charge < -0.3 is 16.0 Å². The van der Waals surface area contributed by atoms with Crippen molar-refractivity contribution in [2.75, 3.05) is 18.0 Å². The number of halogens is 1. The Morgan fingerprint density at radius 2 is 1.93 bits per heavy atom. The Hall–Kier alpha value is -2.80. The van der Waals surface area contributed by atoms with Crippen molar-refractivity contribution >= 4 is 35.5 Å². The Labute approximate surface area is 174 Å². The van der Waals surface area contributed by atoms with Crippen LogP contribution in [0, 0.1) is 11.4 Å².